The molecule has 0 aromatic rings. The molecule has 0 aromatic carbocycles. The summed E-state index contributed by atoms with van der Waals surface area (Å²) >= 11 is 0. The Hall–Kier alpha value is -0.360. The van der Waals surface area contributed by atoms with Gasteiger partial charge < -0.3 is 11.1 Å². The maximum atomic E-state index is 7.68. The van der Waals surface area contributed by atoms with E-state index in [1.807, 2.05) is 21.6 Å². The summed E-state index contributed by atoms with van der Waals surface area (Å²) in [4.78, 5) is 4.35. The Kier molecular flexibility index (Phi) is 14.8. The van der Waals surface area contributed by atoms with Crippen LogP contribution in [0.25, 0.3) is 0 Å². The summed E-state index contributed by atoms with van der Waals surface area (Å²) in [7, 11) is 3.67. The summed E-state index contributed by atoms with van der Waals surface area (Å²) < 4.78 is 0. The highest BCUT2D eigenvalue weighted by Crippen LogP contribution is 2.19. The van der Waals surface area contributed by atoms with Crippen molar-refractivity contribution in [3.05, 3.63) is 0 Å². The normalized spacial score (nSPS) is 11.6. The number of nitrogens with two attached hydrogens (primary N) is 1. The average molecular weight is 319 g/mol. The van der Waals surface area contributed by atoms with E-state index in [-0.39, 0.29) is 0 Å². The Morgan fingerprint density at radius 1 is 1.10 bits per heavy atom. The first-order chi connectivity index (χ1) is 9.70. The van der Waals surface area contributed by atoms with Crippen LogP contribution in [-0.4, -0.2) is 36.3 Å². The molecule has 0 rings (SSSR count). The molecule has 0 spiro atoms. The molecule has 0 aliphatic carbocycles. The number of nitrogens with zero attached hydrogens (tertiary/aromatic N) is 1. The van der Waals surface area contributed by atoms with Crippen molar-refractivity contribution in [1.82, 2.24) is 5.32 Å². The zero-order valence-corrected chi connectivity index (χ0v) is 14.5. The van der Waals surface area contributed by atoms with Crippen molar-refractivity contribution in [1.29, 1.82) is 5.41 Å². The first-order valence-electron chi connectivity index (χ1n) is 7.55. The predicted molar refractivity (Wildman–Crippen MR) is 96.2 cm³/mol. The van der Waals surface area contributed by atoms with Crippen molar-refractivity contribution in [3.63, 3.8) is 0 Å². The molecule has 0 radical (unpaired) electrons. The maximum Gasteiger partial charge on any atom is 0.0937 e. The van der Waals surface area contributed by atoms with Gasteiger partial charge in [-0.3, -0.25) is 10.4 Å². The van der Waals surface area contributed by atoms with Crippen LogP contribution in [0.15, 0.2) is 4.99 Å². The fraction of sp³-hybridized carbons (Fsp3) is 0.857. The van der Waals surface area contributed by atoms with Crippen LogP contribution in [0, 0.1) is 5.41 Å². The Bertz CT molecular complexity index is 270. The molecule has 0 saturated carbocycles. The van der Waals surface area contributed by atoms with Crippen LogP contribution < -0.4 is 11.1 Å². The van der Waals surface area contributed by atoms with Gasteiger partial charge in [0.15, 0.2) is 0 Å². The van der Waals surface area contributed by atoms with Crippen LogP contribution in [-0.2, 0) is 0 Å². The molecule has 4 nitrogen and oxygen atoms in total. The molecule has 0 unspecified atom stereocenters. The Balaban J connectivity index is 3.30. The molecule has 0 fully saturated rings. The predicted octanol–water partition coefficient (Wildman–Crippen LogP) is 3.67. The standard InChI is InChI=1S/C14H30N4S2/c1-3-5-7-13(15)17-9-11-19-20-12-10-18-14(16)8-6-4-2/h3-12H2,1-2H3,(H2,15,17)(H2,16,18). The number of amidine groups is 2. The van der Waals surface area contributed by atoms with Gasteiger partial charge in [0.1, 0.15) is 0 Å². The van der Waals surface area contributed by atoms with E-state index in [1.54, 1.807) is 0 Å². The minimum Gasteiger partial charge on any atom is -0.387 e. The van der Waals surface area contributed by atoms with E-state index in [4.69, 9.17) is 11.1 Å². The fourth-order valence-corrected chi connectivity index (χ4v) is 3.23. The summed E-state index contributed by atoms with van der Waals surface area (Å²) in [6.07, 6.45) is 6.36. The second kappa shape index (κ2) is 15.0. The lowest BCUT2D eigenvalue weighted by molar-refractivity contribution is 0.801. The lowest BCUT2D eigenvalue weighted by Gasteiger charge is -2.06. The van der Waals surface area contributed by atoms with Crippen molar-refractivity contribution in [3.8, 4) is 0 Å². The van der Waals surface area contributed by atoms with E-state index in [1.165, 1.54) is 6.42 Å². The smallest absolute Gasteiger partial charge is 0.0937 e. The van der Waals surface area contributed by atoms with Crippen LogP contribution in [0.1, 0.15) is 52.4 Å². The van der Waals surface area contributed by atoms with Crippen LogP contribution >= 0.6 is 21.6 Å². The molecule has 4 N–H and O–H groups in total. The molecule has 0 aliphatic rings. The average Bonchev–Trinajstić information content (AvgIpc) is 2.45. The highest BCUT2D eigenvalue weighted by molar-refractivity contribution is 8.76. The van der Waals surface area contributed by atoms with Crippen molar-refractivity contribution in [2.75, 3.05) is 24.6 Å². The van der Waals surface area contributed by atoms with E-state index in [9.17, 15) is 0 Å². The second-order valence-electron chi connectivity index (χ2n) is 4.63. The van der Waals surface area contributed by atoms with E-state index < -0.39 is 0 Å². The van der Waals surface area contributed by atoms with Crippen molar-refractivity contribution in [2.45, 2.75) is 52.4 Å². The SMILES string of the molecule is CCCCC(=N)NCCSSCCN=C(N)CCCC. The van der Waals surface area contributed by atoms with Gasteiger partial charge in [-0.1, -0.05) is 48.3 Å². The highest BCUT2D eigenvalue weighted by atomic mass is 33.1. The van der Waals surface area contributed by atoms with Crippen molar-refractivity contribution < 1.29 is 0 Å². The van der Waals surface area contributed by atoms with Gasteiger partial charge in [0.2, 0.25) is 0 Å². The van der Waals surface area contributed by atoms with Crippen LogP contribution in [0.5, 0.6) is 0 Å². The van der Waals surface area contributed by atoms with Gasteiger partial charge in [0, 0.05) is 30.9 Å². The van der Waals surface area contributed by atoms with E-state index in [2.05, 4.69) is 24.2 Å². The summed E-state index contributed by atoms with van der Waals surface area (Å²) in [5.74, 6) is 3.49. The van der Waals surface area contributed by atoms with Gasteiger partial charge >= 0.3 is 0 Å². The monoisotopic (exact) mass is 318 g/mol. The molecule has 0 aliphatic heterocycles. The molecule has 0 heterocycles. The summed E-state index contributed by atoms with van der Waals surface area (Å²) in [5.41, 5.74) is 5.80. The molecular formula is C14H30N4S2. The molecule has 0 amide bonds. The Labute approximate surface area is 132 Å². The van der Waals surface area contributed by atoms with Crippen LogP contribution in [0.3, 0.4) is 0 Å². The van der Waals surface area contributed by atoms with Crippen molar-refractivity contribution in [2.24, 2.45) is 10.7 Å². The van der Waals surface area contributed by atoms with Gasteiger partial charge in [0.05, 0.1) is 18.2 Å². The van der Waals surface area contributed by atoms with E-state index in [0.29, 0.717) is 5.84 Å². The highest BCUT2D eigenvalue weighted by Gasteiger charge is 1.96. The first kappa shape index (κ1) is 19.6. The molecule has 0 aromatic heterocycles. The first-order valence-corrected chi connectivity index (χ1v) is 10.0. The lowest BCUT2D eigenvalue weighted by Crippen LogP contribution is -2.24. The van der Waals surface area contributed by atoms with Gasteiger partial charge in [-0.05, 0) is 12.8 Å². The number of nitrogens with one attached hydrogen (secondary N) is 2. The molecule has 118 valence electrons. The zero-order chi connectivity index (χ0) is 15.1. The zero-order valence-electron chi connectivity index (χ0n) is 12.9. The molecule has 0 atom stereocenters. The largest absolute Gasteiger partial charge is 0.387 e. The van der Waals surface area contributed by atoms with Gasteiger partial charge in [0.25, 0.3) is 0 Å². The molecular weight excluding hydrogens is 288 g/mol. The number of hydrogen-bond donors (Lipinski definition) is 3. The van der Waals surface area contributed by atoms with Gasteiger partial charge in [-0.15, -0.1) is 0 Å². The lowest BCUT2D eigenvalue weighted by atomic mass is 10.2. The minimum absolute atomic E-state index is 0.672. The number of rotatable bonds is 13. The third-order valence-corrected chi connectivity index (χ3v) is 5.05. The Morgan fingerprint density at radius 3 is 2.45 bits per heavy atom. The van der Waals surface area contributed by atoms with Crippen LogP contribution in [0.4, 0.5) is 0 Å². The summed E-state index contributed by atoms with van der Waals surface area (Å²) in [5, 5.41) is 10.8. The molecule has 6 heteroatoms. The number of hydrogen-bond acceptors (Lipinski definition) is 4. The second-order valence-corrected chi connectivity index (χ2v) is 7.33. The summed E-state index contributed by atoms with van der Waals surface area (Å²) in [6.45, 7) is 6.00. The molecule has 0 bridgehead atoms. The molecule has 0 saturated heterocycles. The molecule has 20 heavy (non-hydrogen) atoms. The number of aliphatic imine (C=N–C) groups is 1. The third kappa shape index (κ3) is 14.1. The van der Waals surface area contributed by atoms with Gasteiger partial charge in [-0.2, -0.15) is 0 Å². The van der Waals surface area contributed by atoms with Crippen molar-refractivity contribution >= 4 is 33.3 Å². The maximum absolute atomic E-state index is 7.68. The quantitative estimate of drug-likeness (QED) is 0.210. The fourth-order valence-electron chi connectivity index (χ4n) is 1.47. The topological polar surface area (TPSA) is 74.3 Å². The van der Waals surface area contributed by atoms with E-state index in [0.717, 1.165) is 62.5 Å². The summed E-state index contributed by atoms with van der Waals surface area (Å²) in [6, 6.07) is 0. The minimum atomic E-state index is 0.672. The van der Waals surface area contributed by atoms with Gasteiger partial charge in [-0.25, -0.2) is 0 Å². The third-order valence-electron chi connectivity index (χ3n) is 2.66. The van der Waals surface area contributed by atoms with Crippen LogP contribution in [0.2, 0.25) is 0 Å². The van der Waals surface area contributed by atoms with E-state index >= 15 is 0 Å². The Morgan fingerprint density at radius 2 is 1.75 bits per heavy atom. The number of unbranched alkanes of at least 4 members (excludes halogenated alkanes) is 2.